The molecule has 1 aromatic carbocycles. The zero-order valence-electron chi connectivity index (χ0n) is 13.8. The first-order chi connectivity index (χ1) is 11.2. The van der Waals surface area contributed by atoms with Crippen molar-refractivity contribution in [3.8, 4) is 0 Å². The van der Waals surface area contributed by atoms with Crippen molar-refractivity contribution in [2.75, 3.05) is 18.5 Å². The molecule has 1 aliphatic carbocycles. The van der Waals surface area contributed by atoms with Crippen molar-refractivity contribution >= 4 is 5.69 Å². The number of likely N-dealkylation sites (N-methyl/N-ethyl adjacent to an activating group) is 1. The fourth-order valence-electron chi connectivity index (χ4n) is 7.35. The van der Waals surface area contributed by atoms with Gasteiger partial charge in [0.05, 0.1) is 12.1 Å². The van der Waals surface area contributed by atoms with Crippen molar-refractivity contribution in [3.05, 3.63) is 41.5 Å². The summed E-state index contributed by atoms with van der Waals surface area (Å²) in [7, 11) is 2.25. The van der Waals surface area contributed by atoms with E-state index in [1.54, 1.807) is 5.57 Å². The van der Waals surface area contributed by atoms with Crippen LogP contribution in [0.5, 0.6) is 0 Å². The van der Waals surface area contributed by atoms with E-state index in [-0.39, 0.29) is 11.5 Å². The predicted octanol–water partition coefficient (Wildman–Crippen LogP) is 2.16. The molecule has 4 saturated heterocycles. The molecule has 1 N–H and O–H groups in total. The average Bonchev–Trinajstić information content (AvgIpc) is 2.98. The molecule has 5 aliphatic heterocycles. The fraction of sp³-hybridized carbons (Fsp3) is 0.600. The maximum absolute atomic E-state index is 11.6. The number of allylic oxidation sites excluding steroid dienone is 1. The standard InChI is InChI=1S/C20H24N2O/c1-3-11-10-22-15-8-12(11)17-16(22)9-20(19(17)23)13-6-4-5-7-14(13)21(2)18(15)20/h3-7,12,15-19,23H,8-10H2,1-2H3/b11-3-/t12-,15-,16-,17?,18-,19?,20+/m0/s1. The van der Waals surface area contributed by atoms with Crippen molar-refractivity contribution in [1.29, 1.82) is 0 Å². The highest BCUT2D eigenvalue weighted by Gasteiger charge is 2.74. The first-order valence-electron chi connectivity index (χ1n) is 9.09. The quantitative estimate of drug-likeness (QED) is 0.744. The summed E-state index contributed by atoms with van der Waals surface area (Å²) in [5.74, 6) is 1.05. The molecule has 0 radical (unpaired) electrons. The summed E-state index contributed by atoms with van der Waals surface area (Å²) in [5, 5.41) is 11.6. The average molecular weight is 308 g/mol. The molecule has 3 nitrogen and oxygen atoms in total. The SMILES string of the molecule is C/C=C1/CN2[C@H]3C[C@@]45c6ccccc6N(C)[C@H]4[C@@H]2C[C@@H]1C3C5O. The van der Waals surface area contributed by atoms with Gasteiger partial charge in [-0.15, -0.1) is 0 Å². The maximum atomic E-state index is 11.6. The second kappa shape index (κ2) is 3.84. The van der Waals surface area contributed by atoms with E-state index in [9.17, 15) is 5.11 Å². The number of anilines is 1. The smallest absolute Gasteiger partial charge is 0.0707 e. The normalized spacial score (nSPS) is 53.1. The lowest BCUT2D eigenvalue weighted by Gasteiger charge is -2.58. The summed E-state index contributed by atoms with van der Waals surface area (Å²) in [6.45, 7) is 3.31. The van der Waals surface area contributed by atoms with E-state index < -0.39 is 0 Å². The third-order valence-electron chi connectivity index (χ3n) is 8.00. The number of aliphatic hydroxyl groups is 1. The number of hydrogen-bond acceptors (Lipinski definition) is 3. The fourth-order valence-corrected chi connectivity index (χ4v) is 7.35. The van der Waals surface area contributed by atoms with Crippen LogP contribution in [0.3, 0.4) is 0 Å². The van der Waals surface area contributed by atoms with E-state index in [1.165, 1.54) is 17.7 Å². The Bertz CT molecular complexity index is 743. The van der Waals surface area contributed by atoms with Crippen LogP contribution in [0.1, 0.15) is 25.3 Å². The minimum absolute atomic E-state index is 0.0280. The number of nitrogens with zero attached hydrogens (tertiary/aromatic N) is 2. The number of para-hydroxylation sites is 1. The Morgan fingerprint density at radius 2 is 2.09 bits per heavy atom. The van der Waals surface area contributed by atoms with E-state index in [0.29, 0.717) is 30.0 Å². The Kier molecular flexibility index (Phi) is 2.17. The monoisotopic (exact) mass is 308 g/mol. The molecule has 8 atom stereocenters. The first kappa shape index (κ1) is 13.0. The van der Waals surface area contributed by atoms with Crippen LogP contribution in [-0.2, 0) is 5.41 Å². The van der Waals surface area contributed by atoms with Crippen molar-refractivity contribution < 1.29 is 5.11 Å². The molecule has 3 heteroatoms. The lowest BCUT2D eigenvalue weighted by Crippen LogP contribution is -2.68. The van der Waals surface area contributed by atoms with Gasteiger partial charge >= 0.3 is 0 Å². The van der Waals surface area contributed by atoms with E-state index >= 15 is 0 Å². The van der Waals surface area contributed by atoms with Gasteiger partial charge in [0, 0.05) is 42.7 Å². The van der Waals surface area contributed by atoms with Crippen molar-refractivity contribution in [2.24, 2.45) is 11.8 Å². The van der Waals surface area contributed by atoms with Crippen LogP contribution in [0.2, 0.25) is 0 Å². The summed E-state index contributed by atoms with van der Waals surface area (Å²) in [6.07, 6.45) is 4.51. The first-order valence-corrected chi connectivity index (χ1v) is 9.09. The van der Waals surface area contributed by atoms with Crippen LogP contribution in [0, 0.1) is 11.8 Å². The van der Waals surface area contributed by atoms with E-state index in [1.807, 2.05) is 0 Å². The molecule has 3 unspecified atom stereocenters. The van der Waals surface area contributed by atoms with Gasteiger partial charge in [-0.25, -0.2) is 0 Å². The number of piperidine rings is 4. The van der Waals surface area contributed by atoms with Gasteiger partial charge in [-0.2, -0.15) is 0 Å². The number of hydrogen-bond donors (Lipinski definition) is 1. The van der Waals surface area contributed by atoms with Gasteiger partial charge in [-0.05, 0) is 37.3 Å². The Morgan fingerprint density at radius 1 is 1.26 bits per heavy atom. The van der Waals surface area contributed by atoms with E-state index in [0.717, 1.165) is 13.0 Å². The van der Waals surface area contributed by atoms with Gasteiger partial charge in [0.1, 0.15) is 0 Å². The zero-order valence-corrected chi connectivity index (χ0v) is 13.8. The summed E-state index contributed by atoms with van der Waals surface area (Å²) in [5.41, 5.74) is 4.32. The minimum atomic E-state index is -0.196. The molecular formula is C20H24N2O. The van der Waals surface area contributed by atoms with Crippen LogP contribution in [0.4, 0.5) is 5.69 Å². The molecule has 5 heterocycles. The number of rotatable bonds is 0. The molecule has 120 valence electrons. The summed E-state index contributed by atoms with van der Waals surface area (Å²) in [4.78, 5) is 5.25. The molecule has 1 spiro atoms. The highest BCUT2D eigenvalue weighted by Crippen LogP contribution is 2.67. The highest BCUT2D eigenvalue weighted by molar-refractivity contribution is 5.67. The van der Waals surface area contributed by atoms with Crippen LogP contribution in [0.25, 0.3) is 0 Å². The Balaban J connectivity index is 1.62. The minimum Gasteiger partial charge on any atom is -0.392 e. The molecule has 23 heavy (non-hydrogen) atoms. The molecule has 1 aromatic rings. The van der Waals surface area contributed by atoms with Crippen LogP contribution >= 0.6 is 0 Å². The second-order valence-electron chi connectivity index (χ2n) is 8.35. The lowest BCUT2D eigenvalue weighted by atomic mass is 9.65. The highest BCUT2D eigenvalue weighted by atomic mass is 16.3. The molecule has 0 aromatic heterocycles. The Hall–Kier alpha value is -1.32. The van der Waals surface area contributed by atoms with Crippen LogP contribution < -0.4 is 4.90 Å². The number of aliphatic hydroxyl groups excluding tert-OH is 1. The van der Waals surface area contributed by atoms with Gasteiger partial charge in [0.15, 0.2) is 0 Å². The molecular weight excluding hydrogens is 284 g/mol. The van der Waals surface area contributed by atoms with Crippen molar-refractivity contribution in [3.63, 3.8) is 0 Å². The topological polar surface area (TPSA) is 26.7 Å². The maximum Gasteiger partial charge on any atom is 0.0707 e. The van der Waals surface area contributed by atoms with Gasteiger partial charge < -0.3 is 10.0 Å². The lowest BCUT2D eigenvalue weighted by molar-refractivity contribution is -0.0345. The predicted molar refractivity (Wildman–Crippen MR) is 90.6 cm³/mol. The molecule has 0 amide bonds. The van der Waals surface area contributed by atoms with Gasteiger partial charge in [-0.3, -0.25) is 4.90 Å². The van der Waals surface area contributed by atoms with Gasteiger partial charge in [0.25, 0.3) is 0 Å². The third kappa shape index (κ3) is 1.17. The van der Waals surface area contributed by atoms with Crippen LogP contribution in [-0.4, -0.2) is 47.8 Å². The van der Waals surface area contributed by atoms with Gasteiger partial charge in [0.2, 0.25) is 0 Å². The summed E-state index contributed by atoms with van der Waals surface area (Å²) >= 11 is 0. The molecule has 5 fully saturated rings. The largest absolute Gasteiger partial charge is 0.392 e. The Morgan fingerprint density at radius 3 is 2.91 bits per heavy atom. The third-order valence-corrected chi connectivity index (χ3v) is 8.00. The summed E-state index contributed by atoms with van der Waals surface area (Å²) in [6, 6.07) is 10.5. The van der Waals surface area contributed by atoms with Gasteiger partial charge in [-0.1, -0.05) is 29.8 Å². The molecule has 6 aliphatic rings. The van der Waals surface area contributed by atoms with Crippen LogP contribution in [0.15, 0.2) is 35.9 Å². The zero-order chi connectivity index (χ0) is 15.5. The summed E-state index contributed by atoms with van der Waals surface area (Å²) < 4.78 is 0. The van der Waals surface area contributed by atoms with Crippen molar-refractivity contribution in [1.82, 2.24) is 4.90 Å². The van der Waals surface area contributed by atoms with E-state index in [2.05, 4.69) is 54.1 Å². The Labute approximate surface area is 137 Å². The number of benzene rings is 1. The molecule has 5 bridgehead atoms. The van der Waals surface area contributed by atoms with Crippen molar-refractivity contribution in [2.45, 2.75) is 49.4 Å². The number of fused-ring (bicyclic) bond motifs is 2. The second-order valence-corrected chi connectivity index (χ2v) is 8.35. The molecule has 1 saturated carbocycles. The van der Waals surface area contributed by atoms with E-state index in [4.69, 9.17) is 0 Å². The molecule has 7 rings (SSSR count).